The lowest BCUT2D eigenvalue weighted by Crippen LogP contribution is -2.54. The molecule has 5 heterocycles. The van der Waals surface area contributed by atoms with E-state index in [1.165, 1.54) is 39.4 Å². The first-order valence-electron chi connectivity index (χ1n) is 16.3. The highest BCUT2D eigenvalue weighted by Crippen LogP contribution is 2.39. The summed E-state index contributed by atoms with van der Waals surface area (Å²) in [6.07, 6.45) is 8.76. The van der Waals surface area contributed by atoms with E-state index in [1.807, 2.05) is 18.7 Å². The Balaban J connectivity index is 1.23. The Morgan fingerprint density at radius 1 is 1.12 bits per heavy atom. The minimum atomic E-state index is -3.09. The lowest BCUT2D eigenvalue weighted by atomic mass is 10.0. The van der Waals surface area contributed by atoms with Crippen LogP contribution >= 0.6 is 11.8 Å². The fraction of sp³-hybridized carbons (Fsp3) is 0.455. The van der Waals surface area contributed by atoms with Crippen LogP contribution in [0.3, 0.4) is 0 Å². The molecule has 3 aromatic heterocycles. The summed E-state index contributed by atoms with van der Waals surface area (Å²) in [6, 6.07) is 6.92. The summed E-state index contributed by atoms with van der Waals surface area (Å²) in [6.45, 7) is 6.00. The largest absolute Gasteiger partial charge is 0.434 e. The third-order valence-electron chi connectivity index (χ3n) is 8.70. The van der Waals surface area contributed by atoms with Gasteiger partial charge in [-0.1, -0.05) is 13.8 Å². The number of aromatic nitrogens is 5. The van der Waals surface area contributed by atoms with Crippen molar-refractivity contribution in [1.82, 2.24) is 39.1 Å². The first-order chi connectivity index (χ1) is 23.7. The van der Waals surface area contributed by atoms with Gasteiger partial charge in [-0.15, -0.1) is 11.8 Å². The van der Waals surface area contributed by atoms with Gasteiger partial charge in [0.15, 0.2) is 5.65 Å². The van der Waals surface area contributed by atoms with Crippen LogP contribution in [-0.2, 0) is 16.1 Å². The van der Waals surface area contributed by atoms with E-state index in [0.717, 1.165) is 50.2 Å². The highest BCUT2D eigenvalue weighted by Gasteiger charge is 2.30. The minimum Gasteiger partial charge on any atom is -0.434 e. The van der Waals surface area contributed by atoms with Gasteiger partial charge >= 0.3 is 6.61 Å². The van der Waals surface area contributed by atoms with E-state index in [0.29, 0.717) is 31.3 Å². The fourth-order valence-corrected chi connectivity index (χ4v) is 7.22. The Morgan fingerprint density at radius 3 is 2.61 bits per heavy atom. The number of fused-ring (bicyclic) bond motifs is 1. The maximum Gasteiger partial charge on any atom is 0.387 e. The van der Waals surface area contributed by atoms with Gasteiger partial charge in [0.25, 0.3) is 5.91 Å². The van der Waals surface area contributed by atoms with Gasteiger partial charge in [-0.3, -0.25) is 24.1 Å². The summed E-state index contributed by atoms with van der Waals surface area (Å²) in [5, 5.41) is 11.9. The second-order valence-electron chi connectivity index (χ2n) is 12.3. The van der Waals surface area contributed by atoms with Crippen molar-refractivity contribution in [3.8, 4) is 17.0 Å². The van der Waals surface area contributed by atoms with Gasteiger partial charge in [0.05, 0.1) is 18.4 Å². The molecule has 260 valence electrons. The second-order valence-corrected chi connectivity index (χ2v) is 14.0. The van der Waals surface area contributed by atoms with Crippen LogP contribution in [0.5, 0.6) is 5.75 Å². The van der Waals surface area contributed by atoms with Crippen molar-refractivity contribution in [3.05, 3.63) is 54.6 Å². The van der Waals surface area contributed by atoms with Crippen LogP contribution in [0.25, 0.3) is 16.9 Å². The lowest BCUT2D eigenvalue weighted by Gasteiger charge is -2.42. The molecule has 1 aromatic carbocycles. The number of piperazine rings is 1. The molecule has 4 aromatic rings. The molecule has 49 heavy (non-hydrogen) atoms. The van der Waals surface area contributed by atoms with Crippen molar-refractivity contribution in [2.24, 2.45) is 0 Å². The zero-order valence-corrected chi connectivity index (χ0v) is 28.2. The first kappa shape index (κ1) is 34.5. The number of hydrogen-bond acceptors (Lipinski definition) is 10. The summed E-state index contributed by atoms with van der Waals surface area (Å²) >= 11 is 1.54. The van der Waals surface area contributed by atoms with E-state index in [9.17, 15) is 23.2 Å². The van der Waals surface area contributed by atoms with Crippen LogP contribution in [-0.4, -0.2) is 121 Å². The van der Waals surface area contributed by atoms with Crippen molar-refractivity contribution in [2.75, 3.05) is 51.1 Å². The number of benzene rings is 1. The number of aldehydes is 1. The van der Waals surface area contributed by atoms with E-state index >= 15 is 0 Å². The van der Waals surface area contributed by atoms with E-state index in [2.05, 4.69) is 30.3 Å². The zero-order chi connectivity index (χ0) is 34.5. The van der Waals surface area contributed by atoms with Gasteiger partial charge in [-0.25, -0.2) is 9.50 Å². The van der Waals surface area contributed by atoms with Crippen LogP contribution in [0.15, 0.2) is 53.9 Å². The smallest absolute Gasteiger partial charge is 0.387 e. The molecule has 13 nitrogen and oxygen atoms in total. The molecule has 2 aliphatic rings. The number of carbonyl (C=O) groups excluding carboxylic acids is 3. The Morgan fingerprint density at radius 2 is 1.90 bits per heavy atom. The number of nitrogens with zero attached hydrogens (tertiary/aromatic N) is 8. The summed E-state index contributed by atoms with van der Waals surface area (Å²) in [7, 11) is 0. The molecular formula is C33H39F2N9O4S. The number of piperidine rings is 1. The number of halogens is 2. The van der Waals surface area contributed by atoms with Gasteiger partial charge < -0.3 is 19.7 Å². The third kappa shape index (κ3) is 8.25. The predicted octanol–water partition coefficient (Wildman–Crippen LogP) is 3.75. The van der Waals surface area contributed by atoms with Crippen LogP contribution < -0.4 is 10.1 Å². The molecule has 2 saturated heterocycles. The average Bonchev–Trinajstić information content (AvgIpc) is 3.69. The molecule has 0 atom stereocenters. The van der Waals surface area contributed by atoms with Gasteiger partial charge in [0.1, 0.15) is 29.8 Å². The molecule has 0 aliphatic carbocycles. The third-order valence-corrected chi connectivity index (χ3v) is 9.70. The van der Waals surface area contributed by atoms with Crippen molar-refractivity contribution in [2.45, 2.75) is 56.0 Å². The average molecular weight is 696 g/mol. The number of anilines is 1. The predicted molar refractivity (Wildman–Crippen MR) is 180 cm³/mol. The van der Waals surface area contributed by atoms with Crippen molar-refractivity contribution in [3.63, 3.8) is 0 Å². The van der Waals surface area contributed by atoms with Crippen LogP contribution in [0.2, 0.25) is 0 Å². The summed E-state index contributed by atoms with van der Waals surface area (Å²) in [4.78, 5) is 49.4. The standard InChI is InChI=1S/C33H39F2N9O4S/c1-22(2)49-24-4-5-28(48-33(34)35)25(18-24)30-27(38-32(47)26-19-37-44-9-3-8-36-31(26)44)20-43(39-30)21-29(46)42-10-6-23(7-11-42)41-14-12-40(13-15-41)16-17-45/h3-5,8-9,17-20,22-23,33H,6-7,10-16,21H2,1-2H3,(H,38,47). The number of carbonyl (C=O) groups is 3. The van der Waals surface area contributed by atoms with Crippen LogP contribution in [0, 0.1) is 0 Å². The molecule has 0 saturated carbocycles. The Labute approximate surface area is 286 Å². The van der Waals surface area contributed by atoms with Crippen molar-refractivity contribution >= 4 is 41.2 Å². The normalized spacial score (nSPS) is 16.5. The van der Waals surface area contributed by atoms with E-state index in [-0.39, 0.29) is 46.0 Å². The number of likely N-dealkylation sites (tertiary alicyclic amines) is 1. The summed E-state index contributed by atoms with van der Waals surface area (Å²) in [5.41, 5.74) is 1.19. The molecule has 16 heteroatoms. The monoisotopic (exact) mass is 695 g/mol. The van der Waals surface area contributed by atoms with Crippen LogP contribution in [0.4, 0.5) is 14.5 Å². The molecule has 1 N–H and O–H groups in total. The number of rotatable bonds is 12. The maximum atomic E-state index is 13.5. The van der Waals surface area contributed by atoms with Crippen molar-refractivity contribution < 1.29 is 27.9 Å². The number of alkyl halides is 2. The highest BCUT2D eigenvalue weighted by atomic mass is 32.2. The SMILES string of the molecule is CC(C)Sc1ccc(OC(F)F)c(-c2nn(CC(=O)N3CCC(N4CCN(CC=O)CC4)CC3)cc2NC(=O)c2cnn3cccnc23)c1. The topological polar surface area (TPSA) is 130 Å². The number of nitrogens with one attached hydrogen (secondary N) is 1. The van der Waals surface area contributed by atoms with Gasteiger partial charge in [-0.05, 0) is 37.1 Å². The number of thioether (sulfide) groups is 1. The minimum absolute atomic E-state index is 0.109. The fourth-order valence-electron chi connectivity index (χ4n) is 6.34. The second kappa shape index (κ2) is 15.4. The molecule has 2 fully saturated rings. The summed E-state index contributed by atoms with van der Waals surface area (Å²) < 4.78 is 34.9. The maximum absolute atomic E-state index is 13.5. The van der Waals surface area contributed by atoms with Crippen molar-refractivity contribution in [1.29, 1.82) is 0 Å². The highest BCUT2D eigenvalue weighted by molar-refractivity contribution is 7.99. The molecular weight excluding hydrogens is 656 g/mol. The van der Waals surface area contributed by atoms with Gasteiger partial charge in [0, 0.05) is 79.6 Å². The summed E-state index contributed by atoms with van der Waals surface area (Å²) in [5.74, 6) is -0.776. The number of ether oxygens (including phenoxy) is 1. The molecule has 6 rings (SSSR count). The zero-order valence-electron chi connectivity index (χ0n) is 27.4. The van der Waals surface area contributed by atoms with Crippen LogP contribution in [0.1, 0.15) is 37.0 Å². The van der Waals surface area contributed by atoms with E-state index < -0.39 is 12.5 Å². The Bertz CT molecular complexity index is 1780. The van der Waals surface area contributed by atoms with E-state index in [4.69, 9.17) is 4.74 Å². The van der Waals surface area contributed by atoms with Gasteiger partial charge in [-0.2, -0.15) is 19.0 Å². The van der Waals surface area contributed by atoms with Gasteiger partial charge in [0.2, 0.25) is 5.91 Å². The number of amides is 2. The number of hydrogen-bond donors (Lipinski definition) is 1. The Hall–Kier alpha value is -4.41. The molecule has 2 amide bonds. The molecule has 0 bridgehead atoms. The lowest BCUT2D eigenvalue weighted by molar-refractivity contribution is -0.133. The Kier molecular flexibility index (Phi) is 10.8. The molecule has 0 unspecified atom stereocenters. The first-order valence-corrected chi connectivity index (χ1v) is 17.2. The molecule has 0 radical (unpaired) electrons. The quantitative estimate of drug-likeness (QED) is 0.173. The molecule has 0 spiro atoms. The molecule has 2 aliphatic heterocycles. The van der Waals surface area contributed by atoms with E-state index in [1.54, 1.807) is 30.6 Å².